The van der Waals surface area contributed by atoms with E-state index in [0.717, 1.165) is 0 Å². The lowest BCUT2D eigenvalue weighted by molar-refractivity contribution is 0.472. The van der Waals surface area contributed by atoms with Crippen molar-refractivity contribution in [2.45, 2.75) is 0 Å². The summed E-state index contributed by atoms with van der Waals surface area (Å²) >= 11 is 0. The third-order valence-electron chi connectivity index (χ3n) is 9.13. The molecule has 2 N–H and O–H groups in total. The lowest BCUT2D eigenvalue weighted by atomic mass is 10.3. The van der Waals surface area contributed by atoms with Crippen molar-refractivity contribution in [2.75, 3.05) is 0 Å². The van der Waals surface area contributed by atoms with Crippen molar-refractivity contribution in [3.63, 3.8) is 0 Å². The van der Waals surface area contributed by atoms with Gasteiger partial charge in [0.1, 0.15) is 46.0 Å². The Labute approximate surface area is 371 Å². The van der Waals surface area contributed by atoms with Gasteiger partial charge in [-0.3, -0.25) is 0 Å². The van der Waals surface area contributed by atoms with Gasteiger partial charge in [0.15, 0.2) is 0 Å². The summed E-state index contributed by atoms with van der Waals surface area (Å²) in [6, 6.07) is 67.4. The molecule has 0 spiro atoms. The van der Waals surface area contributed by atoms with E-state index in [1.165, 1.54) is 24.3 Å². The lowest BCUT2D eigenvalue weighted by Crippen LogP contribution is -2.15. The minimum absolute atomic E-state index is 0.000764. The summed E-state index contributed by atoms with van der Waals surface area (Å²) in [5.74, 6) is 2.27. The second-order valence-electron chi connectivity index (χ2n) is 13.9. The molecule has 8 aromatic rings. The van der Waals surface area contributed by atoms with Crippen LogP contribution in [0.25, 0.3) is 0 Å². The van der Waals surface area contributed by atoms with Crippen molar-refractivity contribution in [3.8, 4) is 46.0 Å². The third-order valence-corrected chi connectivity index (χ3v) is 21.3. The number of phenolic OH excluding ortho intramolecular Hbond substituents is 2. The van der Waals surface area contributed by atoms with Crippen LogP contribution in [0.1, 0.15) is 0 Å². The molecular formula is C48H40N4O8P4. The molecule has 64 heavy (non-hydrogen) atoms. The highest BCUT2D eigenvalue weighted by molar-refractivity contribution is 7.85. The second-order valence-corrected chi connectivity index (χ2v) is 23.0. The predicted molar refractivity (Wildman–Crippen MR) is 255 cm³/mol. The van der Waals surface area contributed by atoms with Crippen LogP contribution in [0.4, 0.5) is 0 Å². The molecule has 0 saturated carbocycles. The van der Waals surface area contributed by atoms with E-state index in [4.69, 9.17) is 45.2 Å². The number of aromatic hydroxyl groups is 2. The van der Waals surface area contributed by atoms with E-state index >= 15 is 0 Å². The summed E-state index contributed by atoms with van der Waals surface area (Å²) in [6.45, 7) is 0. The van der Waals surface area contributed by atoms with E-state index < -0.39 is 30.2 Å². The quantitative estimate of drug-likeness (QED) is 0.103. The molecule has 0 fully saturated rings. The Balaban J connectivity index is 1.52. The molecule has 1 aliphatic rings. The Morgan fingerprint density at radius 1 is 0.250 bits per heavy atom. The van der Waals surface area contributed by atoms with Crippen LogP contribution in [0.3, 0.4) is 0 Å². The fourth-order valence-electron chi connectivity index (χ4n) is 6.28. The molecule has 0 amide bonds. The zero-order valence-corrected chi connectivity index (χ0v) is 37.4. The Hall–Kier alpha value is -6.92. The minimum Gasteiger partial charge on any atom is -0.508 e. The van der Waals surface area contributed by atoms with Crippen LogP contribution >= 0.6 is 30.2 Å². The van der Waals surface area contributed by atoms with E-state index in [1.54, 1.807) is 97.1 Å². The van der Waals surface area contributed by atoms with Gasteiger partial charge in [-0.15, -0.1) is 18.1 Å². The van der Waals surface area contributed by atoms with Crippen LogP contribution in [0, 0.1) is 0 Å². The summed E-state index contributed by atoms with van der Waals surface area (Å²) in [5.41, 5.74) is 0. The molecule has 0 saturated heterocycles. The summed E-state index contributed by atoms with van der Waals surface area (Å²) in [4.78, 5) is 0. The van der Waals surface area contributed by atoms with E-state index in [2.05, 4.69) is 0 Å². The number of rotatable bonds is 14. The van der Waals surface area contributed by atoms with Crippen LogP contribution in [0.2, 0.25) is 0 Å². The molecule has 1 aliphatic heterocycles. The summed E-state index contributed by atoms with van der Waals surface area (Å²) in [6.07, 6.45) is 0. The van der Waals surface area contributed by atoms with Gasteiger partial charge in [-0.2, -0.15) is 0 Å². The molecule has 2 unspecified atom stereocenters. The lowest BCUT2D eigenvalue weighted by Gasteiger charge is -2.34. The molecular weight excluding hydrogens is 884 g/mol. The Morgan fingerprint density at radius 2 is 0.469 bits per heavy atom. The van der Waals surface area contributed by atoms with Crippen molar-refractivity contribution in [1.29, 1.82) is 0 Å². The maximum atomic E-state index is 10.7. The number of hydrogen-bond acceptors (Lipinski definition) is 12. The zero-order valence-electron chi connectivity index (χ0n) is 33.9. The average Bonchev–Trinajstić information content (AvgIpc) is 3.31. The number of para-hydroxylation sites is 6. The van der Waals surface area contributed by atoms with E-state index in [0.29, 0.717) is 45.1 Å². The Morgan fingerprint density at radius 3 is 0.703 bits per heavy atom. The predicted octanol–water partition coefficient (Wildman–Crippen LogP) is 14.5. The fraction of sp³-hybridized carbons (Fsp3) is 0. The molecule has 9 rings (SSSR count). The smallest absolute Gasteiger partial charge is 0.455 e. The van der Waals surface area contributed by atoms with Crippen LogP contribution in [-0.4, -0.2) is 10.2 Å². The Bertz CT molecular complexity index is 2740. The van der Waals surface area contributed by atoms with Crippen LogP contribution in [0.15, 0.2) is 249 Å². The molecule has 2 atom stereocenters. The van der Waals surface area contributed by atoms with Gasteiger partial charge in [-0.25, -0.2) is 0 Å². The molecule has 12 nitrogen and oxygen atoms in total. The zero-order chi connectivity index (χ0) is 43.7. The van der Waals surface area contributed by atoms with Gasteiger partial charge < -0.3 is 37.4 Å². The summed E-state index contributed by atoms with van der Waals surface area (Å²) < 4.78 is 65.7. The molecule has 1 heterocycles. The maximum Gasteiger partial charge on any atom is 0.455 e. The average molecular weight is 925 g/mol. The van der Waals surface area contributed by atoms with E-state index in [9.17, 15) is 10.2 Å². The molecule has 320 valence electrons. The SMILES string of the molecule is Oc1ccc(P2(Oc3ccccc3)=NP(Oc3ccccc3)(Oc3ccccc3)=NP(Oc3ccccc3)(c3ccc(O)cc3)=NP(Oc3ccccc3)(Oc3ccccc3)=N2)cc1. The van der Waals surface area contributed by atoms with Crippen LogP contribution in [0.5, 0.6) is 46.0 Å². The standard InChI is InChI=1S/C48H40N4O8P4/c53-39-31-35-47(36-32-39)61(55-41-19-7-1-8-20-41)49-63(57-43-23-11-3-12-24-43,58-44-25-13-4-14-26-44)51-62(48-37-33-40(54)34-38-48,56-42-21-9-2-10-22-42)52-64(50-61,59-45-27-15-5-16-28-45)60-46-29-17-6-18-30-46/h1-38,53-54H. The first-order chi connectivity index (χ1) is 31.3. The molecule has 0 aliphatic carbocycles. The first-order valence-electron chi connectivity index (χ1n) is 19.9. The van der Waals surface area contributed by atoms with Gasteiger partial charge in [-0.05, 0) is 121 Å². The Kier molecular flexibility index (Phi) is 12.5. The topological polar surface area (TPSA) is 145 Å². The monoisotopic (exact) mass is 924 g/mol. The molecule has 0 radical (unpaired) electrons. The van der Waals surface area contributed by atoms with Gasteiger partial charge in [0.25, 0.3) is 14.9 Å². The highest BCUT2D eigenvalue weighted by Crippen LogP contribution is 2.78. The van der Waals surface area contributed by atoms with Crippen LogP contribution < -0.4 is 37.8 Å². The molecule has 0 aromatic heterocycles. The first-order valence-corrected chi connectivity index (χ1v) is 26.2. The molecule has 8 aromatic carbocycles. The van der Waals surface area contributed by atoms with Crippen molar-refractivity contribution in [2.24, 2.45) is 18.1 Å². The third kappa shape index (κ3) is 9.97. The number of phenols is 2. The van der Waals surface area contributed by atoms with Crippen molar-refractivity contribution in [3.05, 3.63) is 231 Å². The van der Waals surface area contributed by atoms with Gasteiger partial charge >= 0.3 is 15.3 Å². The highest BCUT2D eigenvalue weighted by atomic mass is 31.3. The largest absolute Gasteiger partial charge is 0.508 e. The number of nitrogens with zero attached hydrogens (tertiary/aromatic N) is 4. The molecule has 16 heteroatoms. The van der Waals surface area contributed by atoms with E-state index in [-0.39, 0.29) is 11.5 Å². The van der Waals surface area contributed by atoms with Gasteiger partial charge in [-0.1, -0.05) is 109 Å². The maximum absolute atomic E-state index is 10.7. The van der Waals surface area contributed by atoms with Crippen molar-refractivity contribution in [1.82, 2.24) is 0 Å². The minimum atomic E-state index is -4.31. The normalized spacial score (nSPS) is 18.4. The van der Waals surface area contributed by atoms with Crippen LogP contribution in [-0.2, 0) is 0 Å². The fourth-order valence-corrected chi connectivity index (χ4v) is 20.2. The summed E-state index contributed by atoms with van der Waals surface area (Å²) in [7, 11) is -16.8. The second kappa shape index (κ2) is 18.8. The summed E-state index contributed by atoms with van der Waals surface area (Å²) in [5, 5.41) is 22.3. The van der Waals surface area contributed by atoms with Crippen molar-refractivity contribution < 1.29 is 37.4 Å². The number of benzene rings is 8. The first kappa shape index (κ1) is 42.4. The molecule has 0 bridgehead atoms. The van der Waals surface area contributed by atoms with Gasteiger partial charge in [0.05, 0.1) is 10.6 Å². The highest BCUT2D eigenvalue weighted by Gasteiger charge is 2.47. The number of hydrogen-bond donors (Lipinski definition) is 2. The van der Waals surface area contributed by atoms with Gasteiger partial charge in [0.2, 0.25) is 0 Å². The van der Waals surface area contributed by atoms with Gasteiger partial charge in [0, 0.05) is 0 Å². The van der Waals surface area contributed by atoms with Crippen molar-refractivity contribution >= 4 is 40.8 Å². The van der Waals surface area contributed by atoms with E-state index in [1.807, 2.05) is 109 Å².